The Labute approximate surface area is 115 Å². The van der Waals surface area contributed by atoms with Gasteiger partial charge in [-0.2, -0.15) is 0 Å². The highest BCUT2D eigenvalue weighted by Gasteiger charge is 2.46. The van der Waals surface area contributed by atoms with Gasteiger partial charge < -0.3 is 15.2 Å². The molecule has 4 heteroatoms. The molecule has 1 spiro atoms. The van der Waals surface area contributed by atoms with Gasteiger partial charge in [-0.1, -0.05) is 12.8 Å². The van der Waals surface area contributed by atoms with Crippen molar-refractivity contribution < 1.29 is 14.3 Å². The van der Waals surface area contributed by atoms with E-state index in [2.05, 4.69) is 0 Å². The normalized spacial score (nSPS) is 33.4. The maximum atomic E-state index is 12.7. The molecule has 0 amide bonds. The molecule has 3 fully saturated rings. The average Bonchev–Trinajstić information content (AvgIpc) is 2.87. The van der Waals surface area contributed by atoms with E-state index >= 15 is 0 Å². The smallest absolute Gasteiger partial charge is 0.155 e. The van der Waals surface area contributed by atoms with Crippen LogP contribution in [0.1, 0.15) is 51.4 Å². The number of ether oxygens (including phenoxy) is 2. The van der Waals surface area contributed by atoms with Gasteiger partial charge in [-0.25, -0.2) is 0 Å². The van der Waals surface area contributed by atoms with Crippen LogP contribution in [0.5, 0.6) is 0 Å². The number of carbonyl (C=O) groups excluding carboxylic acids is 1. The molecule has 1 atom stereocenters. The lowest BCUT2D eigenvalue weighted by atomic mass is 9.74. The Morgan fingerprint density at radius 1 is 1.05 bits per heavy atom. The summed E-state index contributed by atoms with van der Waals surface area (Å²) in [7, 11) is 0. The minimum atomic E-state index is -0.533. The fourth-order valence-corrected chi connectivity index (χ4v) is 4.00. The van der Waals surface area contributed by atoms with Gasteiger partial charge in [0.05, 0.1) is 11.1 Å². The Hall–Kier alpha value is -0.450. The van der Waals surface area contributed by atoms with Crippen molar-refractivity contribution in [2.24, 2.45) is 11.7 Å². The molecule has 1 saturated carbocycles. The van der Waals surface area contributed by atoms with E-state index in [0.717, 1.165) is 64.6 Å². The number of nitrogens with two attached hydrogens (primary N) is 1. The number of Topliss-reactive ketones (excluding diaryl/α,β-unsaturated/α-hetero) is 1. The summed E-state index contributed by atoms with van der Waals surface area (Å²) in [6.45, 7) is 2.22. The second-order valence-corrected chi connectivity index (χ2v) is 6.56. The summed E-state index contributed by atoms with van der Waals surface area (Å²) in [6, 6.07) is 0. The zero-order valence-corrected chi connectivity index (χ0v) is 11.7. The predicted molar refractivity (Wildman–Crippen MR) is 71.9 cm³/mol. The minimum absolute atomic E-state index is 0.105. The highest BCUT2D eigenvalue weighted by molar-refractivity contribution is 5.90. The van der Waals surface area contributed by atoms with E-state index < -0.39 is 5.54 Å². The monoisotopic (exact) mass is 267 g/mol. The van der Waals surface area contributed by atoms with Crippen LogP contribution in [-0.4, -0.2) is 36.7 Å². The van der Waals surface area contributed by atoms with Gasteiger partial charge in [0.25, 0.3) is 0 Å². The average molecular weight is 267 g/mol. The summed E-state index contributed by atoms with van der Waals surface area (Å²) in [4.78, 5) is 12.7. The molecule has 2 aliphatic heterocycles. The Bertz CT molecular complexity index is 338. The molecule has 2 N–H and O–H groups in total. The van der Waals surface area contributed by atoms with Gasteiger partial charge in [-0.05, 0) is 38.5 Å². The molecule has 4 nitrogen and oxygen atoms in total. The van der Waals surface area contributed by atoms with E-state index in [4.69, 9.17) is 15.2 Å². The summed E-state index contributed by atoms with van der Waals surface area (Å²) < 4.78 is 11.4. The number of ketones is 1. The van der Waals surface area contributed by atoms with E-state index in [9.17, 15) is 4.79 Å². The first kappa shape index (κ1) is 13.5. The SMILES string of the molecule is NC1(C(=O)C2CCOC3(CCOCC3)C2)CCCC1. The summed E-state index contributed by atoms with van der Waals surface area (Å²) >= 11 is 0. The van der Waals surface area contributed by atoms with Crippen molar-refractivity contribution in [1.82, 2.24) is 0 Å². The van der Waals surface area contributed by atoms with Crippen LogP contribution in [0, 0.1) is 5.92 Å². The van der Waals surface area contributed by atoms with Gasteiger partial charge in [-0.3, -0.25) is 4.79 Å². The van der Waals surface area contributed by atoms with Crippen molar-refractivity contribution in [2.45, 2.75) is 62.5 Å². The maximum absolute atomic E-state index is 12.7. The van der Waals surface area contributed by atoms with Crippen LogP contribution in [0.3, 0.4) is 0 Å². The molecule has 0 aromatic carbocycles. The first-order valence-corrected chi connectivity index (χ1v) is 7.69. The van der Waals surface area contributed by atoms with Crippen molar-refractivity contribution >= 4 is 5.78 Å². The lowest BCUT2D eigenvalue weighted by Crippen LogP contribution is -2.53. The number of rotatable bonds is 2. The highest BCUT2D eigenvalue weighted by atomic mass is 16.5. The van der Waals surface area contributed by atoms with Gasteiger partial charge in [0, 0.05) is 25.7 Å². The van der Waals surface area contributed by atoms with Crippen LogP contribution < -0.4 is 5.73 Å². The second-order valence-electron chi connectivity index (χ2n) is 6.56. The molecule has 1 unspecified atom stereocenters. The molecule has 0 aromatic heterocycles. The number of hydrogen-bond donors (Lipinski definition) is 1. The number of hydrogen-bond acceptors (Lipinski definition) is 4. The standard InChI is InChI=1S/C15H25NO3/c16-15(4-1-2-5-15)13(17)12-3-8-19-14(11-12)6-9-18-10-7-14/h12H,1-11,16H2. The maximum Gasteiger partial charge on any atom is 0.155 e. The molecule has 108 valence electrons. The molecule has 0 bridgehead atoms. The van der Waals surface area contributed by atoms with E-state index in [1.54, 1.807) is 0 Å². The third-order valence-electron chi connectivity index (χ3n) is 5.25. The van der Waals surface area contributed by atoms with Crippen LogP contribution in [0.2, 0.25) is 0 Å². The van der Waals surface area contributed by atoms with Crippen LogP contribution in [-0.2, 0) is 14.3 Å². The molecular weight excluding hydrogens is 242 g/mol. The van der Waals surface area contributed by atoms with Gasteiger partial charge in [-0.15, -0.1) is 0 Å². The lowest BCUT2D eigenvalue weighted by Gasteiger charge is -2.44. The molecule has 3 rings (SSSR count). The van der Waals surface area contributed by atoms with Crippen molar-refractivity contribution in [2.75, 3.05) is 19.8 Å². The zero-order chi connectivity index (χ0) is 13.3. The van der Waals surface area contributed by atoms with Crippen molar-refractivity contribution in [3.05, 3.63) is 0 Å². The lowest BCUT2D eigenvalue weighted by molar-refractivity contribution is -0.159. The first-order chi connectivity index (χ1) is 9.14. The molecule has 3 aliphatic rings. The summed E-state index contributed by atoms with van der Waals surface area (Å²) in [5.41, 5.74) is 5.70. The Morgan fingerprint density at radius 2 is 1.74 bits per heavy atom. The van der Waals surface area contributed by atoms with Crippen molar-refractivity contribution in [3.63, 3.8) is 0 Å². The fourth-order valence-electron chi connectivity index (χ4n) is 4.00. The third-order valence-corrected chi connectivity index (χ3v) is 5.25. The van der Waals surface area contributed by atoms with Crippen LogP contribution in [0.4, 0.5) is 0 Å². The van der Waals surface area contributed by atoms with E-state index in [0.29, 0.717) is 12.4 Å². The Kier molecular flexibility index (Phi) is 3.67. The molecule has 0 radical (unpaired) electrons. The highest BCUT2D eigenvalue weighted by Crippen LogP contribution is 2.40. The topological polar surface area (TPSA) is 61.6 Å². The summed E-state index contributed by atoms with van der Waals surface area (Å²) in [5, 5.41) is 0. The van der Waals surface area contributed by atoms with Gasteiger partial charge in [0.2, 0.25) is 0 Å². The largest absolute Gasteiger partial charge is 0.381 e. The molecule has 0 aromatic rings. The van der Waals surface area contributed by atoms with E-state index in [1.807, 2.05) is 0 Å². The quantitative estimate of drug-likeness (QED) is 0.828. The molecule has 2 heterocycles. The minimum Gasteiger partial charge on any atom is -0.381 e. The molecular formula is C15H25NO3. The van der Waals surface area contributed by atoms with Crippen LogP contribution >= 0.6 is 0 Å². The Balaban J connectivity index is 1.69. The molecule has 2 saturated heterocycles. The molecule has 1 aliphatic carbocycles. The first-order valence-electron chi connectivity index (χ1n) is 7.69. The second kappa shape index (κ2) is 5.15. The summed E-state index contributed by atoms with van der Waals surface area (Å²) in [6.07, 6.45) is 7.50. The predicted octanol–water partition coefficient (Wildman–Crippen LogP) is 1.80. The zero-order valence-electron chi connectivity index (χ0n) is 11.7. The molecule has 19 heavy (non-hydrogen) atoms. The van der Waals surface area contributed by atoms with Gasteiger partial charge >= 0.3 is 0 Å². The van der Waals surface area contributed by atoms with Crippen LogP contribution in [0.25, 0.3) is 0 Å². The van der Waals surface area contributed by atoms with Crippen LogP contribution in [0.15, 0.2) is 0 Å². The fraction of sp³-hybridized carbons (Fsp3) is 0.933. The van der Waals surface area contributed by atoms with Gasteiger partial charge in [0.15, 0.2) is 5.78 Å². The third kappa shape index (κ3) is 2.58. The summed E-state index contributed by atoms with van der Waals surface area (Å²) in [5.74, 6) is 0.411. The number of carbonyl (C=O) groups is 1. The van der Waals surface area contributed by atoms with Crippen molar-refractivity contribution in [3.8, 4) is 0 Å². The van der Waals surface area contributed by atoms with Gasteiger partial charge in [0.1, 0.15) is 0 Å². The Morgan fingerprint density at radius 3 is 2.42 bits per heavy atom. The van der Waals surface area contributed by atoms with E-state index in [1.165, 1.54) is 0 Å². The van der Waals surface area contributed by atoms with Crippen molar-refractivity contribution in [1.29, 1.82) is 0 Å². The van der Waals surface area contributed by atoms with E-state index in [-0.39, 0.29) is 11.5 Å².